The van der Waals surface area contributed by atoms with E-state index in [0.29, 0.717) is 0 Å². The van der Waals surface area contributed by atoms with E-state index < -0.39 is 17.6 Å². The third-order valence-electron chi connectivity index (χ3n) is 2.18. The van der Waals surface area contributed by atoms with Gasteiger partial charge in [0.25, 0.3) is 0 Å². The van der Waals surface area contributed by atoms with Crippen molar-refractivity contribution in [3.05, 3.63) is 41.6 Å². The van der Waals surface area contributed by atoms with Crippen molar-refractivity contribution in [2.45, 2.75) is 0 Å². The van der Waals surface area contributed by atoms with Crippen molar-refractivity contribution in [2.75, 3.05) is 5.73 Å². The van der Waals surface area contributed by atoms with E-state index in [9.17, 15) is 13.6 Å². The maximum absolute atomic E-state index is 13.0. The zero-order valence-corrected chi connectivity index (χ0v) is 8.39. The van der Waals surface area contributed by atoms with E-state index in [4.69, 9.17) is 10.8 Å². The molecule has 88 valence electrons. The number of nitrogen functional groups attached to an aromatic ring is 1. The lowest BCUT2D eigenvalue weighted by molar-refractivity contribution is 0.0698. The van der Waals surface area contributed by atoms with E-state index in [2.05, 4.69) is 5.10 Å². The molecule has 0 spiro atoms. The molecule has 17 heavy (non-hydrogen) atoms. The van der Waals surface area contributed by atoms with Gasteiger partial charge in [0.2, 0.25) is 0 Å². The Hall–Kier alpha value is -2.44. The molecule has 0 aliphatic heterocycles. The summed E-state index contributed by atoms with van der Waals surface area (Å²) in [5.74, 6) is -3.45. The number of hydrogen-bond donors (Lipinski definition) is 2. The Bertz CT molecular complexity index is 595. The van der Waals surface area contributed by atoms with Crippen LogP contribution in [0.5, 0.6) is 0 Å². The van der Waals surface area contributed by atoms with Gasteiger partial charge in [0.15, 0.2) is 11.6 Å². The monoisotopic (exact) mass is 239 g/mol. The molecule has 2 rings (SSSR count). The molecule has 3 N–H and O–H groups in total. The fourth-order valence-electron chi connectivity index (χ4n) is 1.35. The predicted molar refractivity (Wildman–Crippen MR) is 54.9 cm³/mol. The first-order valence-electron chi connectivity index (χ1n) is 4.53. The van der Waals surface area contributed by atoms with Crippen LogP contribution >= 0.6 is 0 Å². The Morgan fingerprint density at radius 1 is 1.35 bits per heavy atom. The molecule has 0 aliphatic carbocycles. The van der Waals surface area contributed by atoms with E-state index in [-0.39, 0.29) is 17.1 Å². The molecule has 0 saturated heterocycles. The van der Waals surface area contributed by atoms with Gasteiger partial charge >= 0.3 is 5.97 Å². The summed E-state index contributed by atoms with van der Waals surface area (Å²) in [5.41, 5.74) is 5.48. The van der Waals surface area contributed by atoms with Crippen molar-refractivity contribution in [3.63, 3.8) is 0 Å². The predicted octanol–water partition coefficient (Wildman–Crippen LogP) is 1.43. The highest BCUT2D eigenvalue weighted by molar-refractivity contribution is 5.92. The van der Waals surface area contributed by atoms with Crippen molar-refractivity contribution in [2.24, 2.45) is 0 Å². The number of aromatic carboxylic acids is 1. The van der Waals surface area contributed by atoms with Gasteiger partial charge in [0.1, 0.15) is 11.4 Å². The number of carbonyl (C=O) groups is 1. The highest BCUT2D eigenvalue weighted by Crippen LogP contribution is 2.18. The molecule has 1 aromatic carbocycles. The first-order valence-corrected chi connectivity index (χ1v) is 4.53. The minimum atomic E-state index is -1.24. The zero-order valence-electron chi connectivity index (χ0n) is 8.39. The summed E-state index contributed by atoms with van der Waals surface area (Å²) >= 11 is 0. The molecule has 1 aromatic heterocycles. The molecule has 5 nitrogen and oxygen atoms in total. The summed E-state index contributed by atoms with van der Waals surface area (Å²) in [6.45, 7) is 0. The van der Waals surface area contributed by atoms with Crippen molar-refractivity contribution in [1.29, 1.82) is 0 Å². The number of aromatic nitrogens is 2. The Morgan fingerprint density at radius 3 is 2.59 bits per heavy atom. The largest absolute Gasteiger partial charge is 0.477 e. The maximum atomic E-state index is 13.0. The molecule has 7 heteroatoms. The van der Waals surface area contributed by atoms with Crippen molar-refractivity contribution in [3.8, 4) is 5.69 Å². The maximum Gasteiger partial charge on any atom is 0.341 e. The molecule has 0 unspecified atom stereocenters. The molecule has 2 aromatic rings. The van der Waals surface area contributed by atoms with Crippen LogP contribution in [0.3, 0.4) is 0 Å². The number of carboxylic acid groups (broad SMARTS) is 1. The molecule has 0 fully saturated rings. The standard InChI is InChI=1S/C10H7F2N3O2/c11-7-2-1-5(3-8(7)12)15-9(13)6(4-14-15)10(16)17/h1-4H,13H2,(H,16,17). The van der Waals surface area contributed by atoms with E-state index in [1.54, 1.807) is 0 Å². The quantitative estimate of drug-likeness (QED) is 0.830. The molecule has 1 heterocycles. The molecule has 0 saturated carbocycles. The van der Waals surface area contributed by atoms with Crippen LogP contribution in [0.2, 0.25) is 0 Å². The van der Waals surface area contributed by atoms with Crippen LogP contribution < -0.4 is 5.73 Å². The van der Waals surface area contributed by atoms with Gasteiger partial charge in [-0.25, -0.2) is 18.3 Å². The van der Waals surface area contributed by atoms with Crippen molar-refractivity contribution in [1.82, 2.24) is 9.78 Å². The fraction of sp³-hybridized carbons (Fsp3) is 0. The lowest BCUT2D eigenvalue weighted by Crippen LogP contribution is -2.06. The minimum Gasteiger partial charge on any atom is -0.477 e. The van der Waals surface area contributed by atoms with Crippen LogP contribution in [-0.2, 0) is 0 Å². The van der Waals surface area contributed by atoms with Gasteiger partial charge in [0.05, 0.1) is 11.9 Å². The molecular weight excluding hydrogens is 232 g/mol. The Morgan fingerprint density at radius 2 is 2.06 bits per heavy atom. The second-order valence-electron chi connectivity index (χ2n) is 3.26. The van der Waals surface area contributed by atoms with Gasteiger partial charge < -0.3 is 10.8 Å². The highest BCUT2D eigenvalue weighted by atomic mass is 19.2. The fourth-order valence-corrected chi connectivity index (χ4v) is 1.35. The number of nitrogens with two attached hydrogens (primary N) is 1. The highest BCUT2D eigenvalue weighted by Gasteiger charge is 2.15. The molecule has 0 amide bonds. The summed E-state index contributed by atoms with van der Waals surface area (Å²) < 4.78 is 26.7. The summed E-state index contributed by atoms with van der Waals surface area (Å²) in [6, 6.07) is 3.03. The Kier molecular flexibility index (Phi) is 2.51. The number of rotatable bonds is 2. The second kappa shape index (κ2) is 3.85. The lowest BCUT2D eigenvalue weighted by atomic mass is 10.3. The minimum absolute atomic E-state index is 0.147. The van der Waals surface area contributed by atoms with Crippen LogP contribution in [0.4, 0.5) is 14.6 Å². The van der Waals surface area contributed by atoms with Crippen molar-refractivity contribution >= 4 is 11.8 Å². The number of nitrogens with zero attached hydrogens (tertiary/aromatic N) is 2. The SMILES string of the molecule is Nc1c(C(=O)O)cnn1-c1ccc(F)c(F)c1. The summed E-state index contributed by atoms with van der Waals surface area (Å²) in [6.07, 6.45) is 1.04. The Balaban J connectivity index is 2.53. The first kappa shape index (κ1) is 11.1. The molecule has 0 aliphatic rings. The molecule has 0 radical (unpaired) electrons. The number of benzene rings is 1. The van der Waals surface area contributed by atoms with Crippen molar-refractivity contribution < 1.29 is 18.7 Å². The van der Waals surface area contributed by atoms with E-state index in [0.717, 1.165) is 23.0 Å². The van der Waals surface area contributed by atoms with Crippen LogP contribution in [0, 0.1) is 11.6 Å². The summed E-state index contributed by atoms with van der Waals surface area (Å²) in [7, 11) is 0. The molecular formula is C10H7F2N3O2. The molecule has 0 atom stereocenters. The van der Waals surface area contributed by atoms with Crippen LogP contribution in [0.15, 0.2) is 24.4 Å². The van der Waals surface area contributed by atoms with Crippen LogP contribution in [0.25, 0.3) is 5.69 Å². The molecule has 0 bridgehead atoms. The summed E-state index contributed by atoms with van der Waals surface area (Å²) in [5, 5.41) is 12.5. The van der Waals surface area contributed by atoms with Gasteiger partial charge in [-0.15, -0.1) is 0 Å². The van der Waals surface area contributed by atoms with Gasteiger partial charge in [-0.3, -0.25) is 0 Å². The summed E-state index contributed by atoms with van der Waals surface area (Å²) in [4.78, 5) is 10.7. The van der Waals surface area contributed by atoms with Gasteiger partial charge in [0, 0.05) is 6.07 Å². The van der Waals surface area contributed by atoms with Gasteiger partial charge in [-0.2, -0.15) is 5.10 Å². The smallest absolute Gasteiger partial charge is 0.341 e. The van der Waals surface area contributed by atoms with E-state index >= 15 is 0 Å². The first-order chi connectivity index (χ1) is 8.00. The second-order valence-corrected chi connectivity index (χ2v) is 3.26. The zero-order chi connectivity index (χ0) is 12.6. The number of hydrogen-bond acceptors (Lipinski definition) is 3. The topological polar surface area (TPSA) is 81.1 Å². The normalized spacial score (nSPS) is 10.5. The van der Waals surface area contributed by atoms with Crippen LogP contribution in [-0.4, -0.2) is 20.9 Å². The number of anilines is 1. The van der Waals surface area contributed by atoms with Gasteiger partial charge in [-0.1, -0.05) is 0 Å². The third kappa shape index (κ3) is 1.82. The average molecular weight is 239 g/mol. The third-order valence-corrected chi connectivity index (χ3v) is 2.18. The Labute approximate surface area is 94.1 Å². The average Bonchev–Trinajstić information content (AvgIpc) is 2.64. The van der Waals surface area contributed by atoms with E-state index in [1.165, 1.54) is 6.07 Å². The lowest BCUT2D eigenvalue weighted by Gasteiger charge is -2.04. The van der Waals surface area contributed by atoms with Gasteiger partial charge in [-0.05, 0) is 12.1 Å². The number of halogens is 2. The van der Waals surface area contributed by atoms with Crippen LogP contribution in [0.1, 0.15) is 10.4 Å². The number of carboxylic acids is 1. The van der Waals surface area contributed by atoms with E-state index in [1.807, 2.05) is 0 Å².